The monoisotopic (exact) mass is 330 g/mol. The van der Waals surface area contributed by atoms with Crippen LogP contribution < -0.4 is 5.32 Å². The highest BCUT2D eigenvalue weighted by Gasteiger charge is 2.52. The molecule has 126 valence electrons. The summed E-state index contributed by atoms with van der Waals surface area (Å²) in [4.78, 5) is 49.7. The molecule has 2 aliphatic rings. The second-order valence-corrected chi connectivity index (χ2v) is 6.88. The zero-order valence-electron chi connectivity index (χ0n) is 13.7. The van der Waals surface area contributed by atoms with Gasteiger partial charge < -0.3 is 10.1 Å². The SMILES string of the molecule is CC(C)(C)OC(=O)CC1NC(=O)C1N1C(=O)c2ccccc2C1=O. The van der Waals surface area contributed by atoms with Crippen molar-refractivity contribution in [3.63, 3.8) is 0 Å². The van der Waals surface area contributed by atoms with E-state index in [2.05, 4.69) is 5.32 Å². The summed E-state index contributed by atoms with van der Waals surface area (Å²) < 4.78 is 5.23. The van der Waals surface area contributed by atoms with Gasteiger partial charge in [-0.25, -0.2) is 0 Å². The normalized spacial score (nSPS) is 22.8. The molecule has 0 bridgehead atoms. The summed E-state index contributed by atoms with van der Waals surface area (Å²) in [6.45, 7) is 5.23. The maximum atomic E-state index is 12.5. The predicted octanol–water partition coefficient (Wildman–Crippen LogP) is 0.881. The molecule has 2 atom stereocenters. The molecule has 0 radical (unpaired) electrons. The van der Waals surface area contributed by atoms with Crippen molar-refractivity contribution < 1.29 is 23.9 Å². The van der Waals surface area contributed by atoms with E-state index in [0.717, 1.165) is 4.90 Å². The fraction of sp³-hybridized carbons (Fsp3) is 0.412. The smallest absolute Gasteiger partial charge is 0.308 e. The average Bonchev–Trinajstić information content (AvgIpc) is 2.71. The number of β-lactam (4-membered cyclic amide) rings is 1. The van der Waals surface area contributed by atoms with Crippen LogP contribution in [-0.4, -0.2) is 46.3 Å². The Balaban J connectivity index is 1.77. The summed E-state index contributed by atoms with van der Waals surface area (Å²) >= 11 is 0. The first-order chi connectivity index (χ1) is 11.2. The second-order valence-electron chi connectivity index (χ2n) is 6.88. The van der Waals surface area contributed by atoms with Gasteiger partial charge in [0.25, 0.3) is 11.8 Å². The zero-order chi connectivity index (χ0) is 17.6. The molecule has 0 spiro atoms. The number of nitrogens with zero attached hydrogens (tertiary/aromatic N) is 1. The van der Waals surface area contributed by atoms with Crippen LogP contribution in [0.3, 0.4) is 0 Å². The van der Waals surface area contributed by atoms with E-state index in [1.807, 2.05) is 0 Å². The van der Waals surface area contributed by atoms with Crippen molar-refractivity contribution in [1.29, 1.82) is 0 Å². The Morgan fingerprint density at radius 2 is 1.67 bits per heavy atom. The van der Waals surface area contributed by atoms with E-state index in [1.54, 1.807) is 45.0 Å². The van der Waals surface area contributed by atoms with Crippen molar-refractivity contribution in [2.24, 2.45) is 0 Å². The summed E-state index contributed by atoms with van der Waals surface area (Å²) in [6, 6.07) is 4.81. The molecule has 1 aromatic rings. The number of carbonyl (C=O) groups excluding carboxylic acids is 4. The third-order valence-corrected chi connectivity index (χ3v) is 3.89. The number of hydrogen-bond acceptors (Lipinski definition) is 5. The van der Waals surface area contributed by atoms with Crippen LogP contribution in [0.4, 0.5) is 0 Å². The van der Waals surface area contributed by atoms with Gasteiger partial charge in [0.15, 0.2) is 0 Å². The lowest BCUT2D eigenvalue weighted by Gasteiger charge is -2.40. The number of imide groups is 1. The summed E-state index contributed by atoms with van der Waals surface area (Å²) in [5.41, 5.74) is -0.0907. The quantitative estimate of drug-likeness (QED) is 0.504. The van der Waals surface area contributed by atoms with E-state index in [-0.39, 0.29) is 17.5 Å². The number of benzene rings is 1. The van der Waals surface area contributed by atoms with Gasteiger partial charge in [0.1, 0.15) is 11.6 Å². The van der Waals surface area contributed by atoms with Crippen LogP contribution in [-0.2, 0) is 14.3 Å². The van der Waals surface area contributed by atoms with Crippen molar-refractivity contribution in [2.45, 2.75) is 44.9 Å². The Kier molecular flexibility index (Phi) is 3.66. The Labute approximate surface area is 139 Å². The van der Waals surface area contributed by atoms with Crippen molar-refractivity contribution in [3.8, 4) is 0 Å². The van der Waals surface area contributed by atoms with Gasteiger partial charge in [-0.3, -0.25) is 24.1 Å². The van der Waals surface area contributed by atoms with Crippen molar-refractivity contribution in [2.75, 3.05) is 0 Å². The number of amides is 3. The lowest BCUT2D eigenvalue weighted by Crippen LogP contribution is -2.70. The fourth-order valence-electron chi connectivity index (χ4n) is 2.92. The van der Waals surface area contributed by atoms with E-state index in [9.17, 15) is 19.2 Å². The van der Waals surface area contributed by atoms with Gasteiger partial charge in [0.2, 0.25) is 5.91 Å². The molecule has 3 rings (SSSR count). The molecule has 24 heavy (non-hydrogen) atoms. The third-order valence-electron chi connectivity index (χ3n) is 3.89. The van der Waals surface area contributed by atoms with Gasteiger partial charge in [-0.05, 0) is 32.9 Å². The van der Waals surface area contributed by atoms with Crippen LogP contribution in [0.15, 0.2) is 24.3 Å². The van der Waals surface area contributed by atoms with Gasteiger partial charge in [-0.2, -0.15) is 0 Å². The van der Waals surface area contributed by atoms with Crippen LogP contribution in [0.25, 0.3) is 0 Å². The summed E-state index contributed by atoms with van der Waals surface area (Å²) in [5, 5.41) is 2.57. The molecular weight excluding hydrogens is 312 g/mol. The molecule has 2 heterocycles. The summed E-state index contributed by atoms with van der Waals surface area (Å²) in [6.07, 6.45) is -0.0961. The third kappa shape index (κ3) is 2.66. The standard InChI is InChI=1S/C17H18N2O5/c1-17(2,3)24-12(20)8-11-13(14(21)18-11)19-15(22)9-6-4-5-7-10(9)16(19)23/h4-7,11,13H,8H2,1-3H3,(H,18,21). The maximum Gasteiger partial charge on any atom is 0.308 e. The van der Waals surface area contributed by atoms with E-state index < -0.39 is 41.4 Å². The maximum absolute atomic E-state index is 12.5. The van der Waals surface area contributed by atoms with Gasteiger partial charge in [0, 0.05) is 0 Å². The highest BCUT2D eigenvalue weighted by Crippen LogP contribution is 2.29. The number of rotatable bonds is 3. The molecule has 1 fully saturated rings. The lowest BCUT2D eigenvalue weighted by molar-refractivity contribution is -0.157. The zero-order valence-corrected chi connectivity index (χ0v) is 13.7. The Hall–Kier alpha value is -2.70. The highest BCUT2D eigenvalue weighted by atomic mass is 16.6. The molecular formula is C17H18N2O5. The molecule has 0 saturated carbocycles. The predicted molar refractivity (Wildman–Crippen MR) is 83.1 cm³/mol. The molecule has 3 amide bonds. The highest BCUT2D eigenvalue weighted by molar-refractivity contribution is 6.23. The minimum atomic E-state index is -0.982. The summed E-state index contributed by atoms with van der Waals surface area (Å²) in [7, 11) is 0. The molecule has 1 N–H and O–H groups in total. The van der Waals surface area contributed by atoms with Crippen molar-refractivity contribution >= 4 is 23.7 Å². The molecule has 7 nitrogen and oxygen atoms in total. The first kappa shape index (κ1) is 16.2. The fourth-order valence-corrected chi connectivity index (χ4v) is 2.92. The molecule has 0 aliphatic carbocycles. The molecule has 1 saturated heterocycles. The van der Waals surface area contributed by atoms with E-state index in [4.69, 9.17) is 4.74 Å². The van der Waals surface area contributed by atoms with Crippen LogP contribution >= 0.6 is 0 Å². The lowest BCUT2D eigenvalue weighted by atomic mass is 9.94. The average molecular weight is 330 g/mol. The molecule has 2 unspecified atom stereocenters. The minimum absolute atomic E-state index is 0.0961. The Morgan fingerprint density at radius 1 is 1.12 bits per heavy atom. The number of fused-ring (bicyclic) bond motifs is 1. The molecule has 0 aromatic heterocycles. The van der Waals surface area contributed by atoms with E-state index >= 15 is 0 Å². The number of hydrogen-bond donors (Lipinski definition) is 1. The first-order valence-electron chi connectivity index (χ1n) is 7.68. The van der Waals surface area contributed by atoms with Crippen molar-refractivity contribution in [1.82, 2.24) is 10.2 Å². The second kappa shape index (κ2) is 5.43. The minimum Gasteiger partial charge on any atom is -0.460 e. The van der Waals surface area contributed by atoms with Gasteiger partial charge in [-0.1, -0.05) is 12.1 Å². The van der Waals surface area contributed by atoms with Crippen LogP contribution in [0.5, 0.6) is 0 Å². The molecule has 1 aromatic carbocycles. The van der Waals surface area contributed by atoms with Crippen LogP contribution in [0.1, 0.15) is 47.9 Å². The van der Waals surface area contributed by atoms with E-state index in [1.165, 1.54) is 0 Å². The van der Waals surface area contributed by atoms with Gasteiger partial charge >= 0.3 is 5.97 Å². The molecule has 7 heteroatoms. The van der Waals surface area contributed by atoms with Gasteiger partial charge in [-0.15, -0.1) is 0 Å². The first-order valence-corrected chi connectivity index (χ1v) is 7.68. The van der Waals surface area contributed by atoms with Crippen LogP contribution in [0, 0.1) is 0 Å². The summed E-state index contributed by atoms with van der Waals surface area (Å²) in [5.74, 6) is -1.96. The molecule has 2 aliphatic heterocycles. The largest absolute Gasteiger partial charge is 0.460 e. The van der Waals surface area contributed by atoms with Crippen molar-refractivity contribution in [3.05, 3.63) is 35.4 Å². The van der Waals surface area contributed by atoms with Crippen LogP contribution in [0.2, 0.25) is 0 Å². The van der Waals surface area contributed by atoms with Gasteiger partial charge in [0.05, 0.1) is 23.6 Å². The topological polar surface area (TPSA) is 92.8 Å². The Morgan fingerprint density at radius 3 is 2.12 bits per heavy atom. The number of carbonyl (C=O) groups is 4. The number of ether oxygens (including phenoxy) is 1. The number of nitrogens with one attached hydrogen (secondary N) is 1. The Bertz CT molecular complexity index is 715. The van der Waals surface area contributed by atoms with E-state index in [0.29, 0.717) is 0 Å². The number of esters is 1.